The minimum absolute atomic E-state index is 0.249. The zero-order chi connectivity index (χ0) is 12.7. The molecule has 0 atom stereocenters. The lowest BCUT2D eigenvalue weighted by molar-refractivity contribution is 0.104. The maximum Gasteiger partial charge on any atom is 0.185 e. The van der Waals surface area contributed by atoms with Crippen molar-refractivity contribution in [1.82, 2.24) is 0 Å². The van der Waals surface area contributed by atoms with Crippen molar-refractivity contribution in [3.8, 4) is 0 Å². The van der Waals surface area contributed by atoms with Crippen LogP contribution in [-0.2, 0) is 0 Å². The second kappa shape index (κ2) is 6.38. The average molecular weight is 228 g/mol. The number of hydrogen-bond acceptors (Lipinski definition) is 1. The zero-order valence-corrected chi connectivity index (χ0v) is 9.40. The highest BCUT2D eigenvalue weighted by Crippen LogP contribution is 2.06. The fourth-order valence-electron chi connectivity index (χ4n) is 1.24. The van der Waals surface area contributed by atoms with Crippen LogP contribution in [-0.4, -0.2) is 5.78 Å². The SMILES string of the molecule is C=C/C=C(C=C)/C=C/C(=O)c1cccc(F)c1. The molecule has 0 spiro atoms. The van der Waals surface area contributed by atoms with Gasteiger partial charge >= 0.3 is 0 Å². The molecule has 1 aromatic rings. The zero-order valence-electron chi connectivity index (χ0n) is 9.40. The predicted octanol–water partition coefficient (Wildman–Crippen LogP) is 3.86. The average Bonchev–Trinajstić information content (AvgIpc) is 2.34. The summed E-state index contributed by atoms with van der Waals surface area (Å²) in [5.74, 6) is -0.670. The molecule has 0 radical (unpaired) electrons. The van der Waals surface area contributed by atoms with E-state index in [0.717, 1.165) is 5.57 Å². The van der Waals surface area contributed by atoms with E-state index in [1.165, 1.54) is 24.3 Å². The third-order valence-electron chi connectivity index (χ3n) is 2.08. The van der Waals surface area contributed by atoms with Crippen LogP contribution in [0.2, 0.25) is 0 Å². The van der Waals surface area contributed by atoms with Crippen molar-refractivity contribution in [3.05, 3.63) is 84.8 Å². The lowest BCUT2D eigenvalue weighted by Crippen LogP contribution is -1.94. The van der Waals surface area contributed by atoms with Gasteiger partial charge in [-0.3, -0.25) is 4.79 Å². The molecule has 1 nitrogen and oxygen atoms in total. The molecule has 0 N–H and O–H groups in total. The maximum atomic E-state index is 12.9. The van der Waals surface area contributed by atoms with Crippen molar-refractivity contribution in [2.75, 3.05) is 0 Å². The number of ketones is 1. The molecule has 17 heavy (non-hydrogen) atoms. The van der Waals surface area contributed by atoms with E-state index in [9.17, 15) is 9.18 Å². The molecule has 0 aliphatic rings. The highest BCUT2D eigenvalue weighted by atomic mass is 19.1. The maximum absolute atomic E-state index is 12.9. The van der Waals surface area contributed by atoms with Crippen molar-refractivity contribution < 1.29 is 9.18 Å². The Morgan fingerprint density at radius 2 is 2.00 bits per heavy atom. The third-order valence-corrected chi connectivity index (χ3v) is 2.08. The predicted molar refractivity (Wildman–Crippen MR) is 68.3 cm³/mol. The van der Waals surface area contributed by atoms with Gasteiger partial charge < -0.3 is 0 Å². The Morgan fingerprint density at radius 1 is 1.24 bits per heavy atom. The van der Waals surface area contributed by atoms with Crippen LogP contribution in [0.15, 0.2) is 73.4 Å². The molecular formula is C15H13FO. The number of benzene rings is 1. The Hall–Kier alpha value is -2.22. The van der Waals surface area contributed by atoms with E-state index in [-0.39, 0.29) is 5.78 Å². The standard InChI is InChI=1S/C15H13FO/c1-3-6-12(4-2)9-10-15(17)13-7-5-8-14(16)11-13/h3-11H,1-2H2/b10-9+,12-6+. The summed E-state index contributed by atoms with van der Waals surface area (Å²) in [7, 11) is 0. The van der Waals surface area contributed by atoms with Crippen LogP contribution in [0.3, 0.4) is 0 Å². The van der Waals surface area contributed by atoms with Gasteiger partial charge in [-0.05, 0) is 23.8 Å². The van der Waals surface area contributed by atoms with Gasteiger partial charge in [0.15, 0.2) is 5.78 Å². The Bertz CT molecular complexity index is 495. The molecule has 86 valence electrons. The van der Waals surface area contributed by atoms with Crippen LogP contribution in [0, 0.1) is 5.82 Å². The summed E-state index contributed by atoms with van der Waals surface area (Å²) < 4.78 is 12.9. The molecule has 0 saturated carbocycles. The van der Waals surface area contributed by atoms with Gasteiger partial charge in [0.25, 0.3) is 0 Å². The molecule has 1 rings (SSSR count). The van der Waals surface area contributed by atoms with Crippen LogP contribution < -0.4 is 0 Å². The van der Waals surface area contributed by atoms with E-state index in [4.69, 9.17) is 0 Å². The summed E-state index contributed by atoms with van der Waals surface area (Å²) >= 11 is 0. The Kier molecular flexibility index (Phi) is 4.82. The van der Waals surface area contributed by atoms with Crippen molar-refractivity contribution in [2.45, 2.75) is 0 Å². The number of halogens is 1. The topological polar surface area (TPSA) is 17.1 Å². The first-order chi connectivity index (χ1) is 8.17. The summed E-state index contributed by atoms with van der Waals surface area (Å²) in [6.07, 6.45) is 7.93. The van der Waals surface area contributed by atoms with E-state index in [1.807, 2.05) is 0 Å². The van der Waals surface area contributed by atoms with Gasteiger partial charge in [-0.15, -0.1) is 0 Å². The van der Waals surface area contributed by atoms with Gasteiger partial charge in [-0.2, -0.15) is 0 Å². The lowest BCUT2D eigenvalue weighted by atomic mass is 10.1. The summed E-state index contributed by atoms with van der Waals surface area (Å²) in [6.45, 7) is 7.16. The van der Waals surface area contributed by atoms with E-state index in [1.54, 1.807) is 30.4 Å². The normalized spacial score (nSPS) is 11.5. The van der Waals surface area contributed by atoms with Crippen LogP contribution >= 0.6 is 0 Å². The van der Waals surface area contributed by atoms with Gasteiger partial charge in [0.2, 0.25) is 0 Å². The van der Waals surface area contributed by atoms with Crippen LogP contribution in [0.5, 0.6) is 0 Å². The van der Waals surface area contributed by atoms with E-state index in [0.29, 0.717) is 5.56 Å². The van der Waals surface area contributed by atoms with Crippen molar-refractivity contribution >= 4 is 5.78 Å². The molecule has 0 amide bonds. The Morgan fingerprint density at radius 3 is 2.59 bits per heavy atom. The van der Waals surface area contributed by atoms with Crippen molar-refractivity contribution in [3.63, 3.8) is 0 Å². The number of rotatable bonds is 5. The quantitative estimate of drug-likeness (QED) is 0.425. The first kappa shape index (κ1) is 12.8. The van der Waals surface area contributed by atoms with Gasteiger partial charge in [-0.1, -0.05) is 49.6 Å². The number of hydrogen-bond donors (Lipinski definition) is 0. The first-order valence-electron chi connectivity index (χ1n) is 5.10. The molecule has 0 heterocycles. The van der Waals surface area contributed by atoms with Crippen molar-refractivity contribution in [2.24, 2.45) is 0 Å². The molecule has 0 unspecified atom stereocenters. The van der Waals surface area contributed by atoms with Crippen molar-refractivity contribution in [1.29, 1.82) is 0 Å². The van der Waals surface area contributed by atoms with Crippen LogP contribution in [0.4, 0.5) is 4.39 Å². The molecule has 0 aliphatic carbocycles. The fourth-order valence-corrected chi connectivity index (χ4v) is 1.24. The fraction of sp³-hybridized carbons (Fsp3) is 0. The lowest BCUT2D eigenvalue weighted by Gasteiger charge is -1.96. The third kappa shape index (κ3) is 4.03. The summed E-state index contributed by atoms with van der Waals surface area (Å²) in [6, 6.07) is 5.58. The highest BCUT2D eigenvalue weighted by molar-refractivity contribution is 6.04. The summed E-state index contributed by atoms with van der Waals surface area (Å²) in [4.78, 5) is 11.7. The largest absolute Gasteiger partial charge is 0.289 e. The Balaban J connectivity index is 2.86. The second-order valence-corrected chi connectivity index (χ2v) is 3.31. The van der Waals surface area contributed by atoms with Crippen LogP contribution in [0.25, 0.3) is 0 Å². The first-order valence-corrected chi connectivity index (χ1v) is 5.10. The van der Waals surface area contributed by atoms with Gasteiger partial charge in [-0.25, -0.2) is 4.39 Å². The number of carbonyl (C=O) groups is 1. The second-order valence-electron chi connectivity index (χ2n) is 3.31. The van der Waals surface area contributed by atoms with Crippen LogP contribution in [0.1, 0.15) is 10.4 Å². The number of allylic oxidation sites excluding steroid dienone is 6. The van der Waals surface area contributed by atoms with E-state index >= 15 is 0 Å². The monoisotopic (exact) mass is 228 g/mol. The number of carbonyl (C=O) groups excluding carboxylic acids is 1. The molecule has 1 aromatic carbocycles. The van der Waals surface area contributed by atoms with E-state index in [2.05, 4.69) is 13.2 Å². The molecule has 0 aliphatic heterocycles. The molecular weight excluding hydrogens is 215 g/mol. The minimum Gasteiger partial charge on any atom is -0.289 e. The summed E-state index contributed by atoms with van der Waals surface area (Å²) in [5.41, 5.74) is 1.09. The highest BCUT2D eigenvalue weighted by Gasteiger charge is 2.02. The van der Waals surface area contributed by atoms with Gasteiger partial charge in [0, 0.05) is 5.56 Å². The molecule has 0 aromatic heterocycles. The minimum atomic E-state index is -0.421. The van der Waals surface area contributed by atoms with E-state index < -0.39 is 5.82 Å². The smallest absolute Gasteiger partial charge is 0.185 e. The van der Waals surface area contributed by atoms with Gasteiger partial charge in [0.1, 0.15) is 5.82 Å². The molecule has 0 fully saturated rings. The summed E-state index contributed by atoms with van der Waals surface area (Å²) in [5, 5.41) is 0. The van der Waals surface area contributed by atoms with Gasteiger partial charge in [0.05, 0.1) is 0 Å². The molecule has 2 heteroatoms. The molecule has 0 bridgehead atoms. The molecule has 0 saturated heterocycles. The Labute approximate surface area is 100 Å².